The van der Waals surface area contributed by atoms with Crippen molar-refractivity contribution in [2.45, 2.75) is 25.0 Å². The number of methoxy groups -OCH3 is 1. The van der Waals surface area contributed by atoms with Crippen LogP contribution < -0.4 is 15.2 Å². The minimum absolute atomic E-state index is 0.0308. The van der Waals surface area contributed by atoms with Crippen LogP contribution in [0.25, 0.3) is 0 Å². The van der Waals surface area contributed by atoms with E-state index in [2.05, 4.69) is 5.32 Å². The molecular weight excluding hydrogens is 356 g/mol. The number of nitrogens with one attached hydrogen (secondary N) is 1. The molecule has 1 amide bonds. The van der Waals surface area contributed by atoms with Crippen molar-refractivity contribution in [3.05, 3.63) is 59.2 Å². The number of nitrogens with two attached hydrogens (primary N) is 1. The molecule has 0 saturated carbocycles. The Labute approximate surface area is 153 Å². The highest BCUT2D eigenvalue weighted by Gasteiger charge is 2.11. The maximum absolute atomic E-state index is 12.4. The van der Waals surface area contributed by atoms with Crippen LogP contribution in [-0.2, 0) is 27.9 Å². The summed E-state index contributed by atoms with van der Waals surface area (Å²) in [6.07, 6.45) is 0. The molecule has 7 nitrogen and oxygen atoms in total. The number of hydrogen-bond donors (Lipinski definition) is 2. The van der Waals surface area contributed by atoms with Crippen LogP contribution >= 0.6 is 0 Å². The van der Waals surface area contributed by atoms with E-state index in [4.69, 9.17) is 14.6 Å². The molecule has 0 aliphatic heterocycles. The second-order valence-corrected chi connectivity index (χ2v) is 7.10. The van der Waals surface area contributed by atoms with Gasteiger partial charge in [-0.1, -0.05) is 12.1 Å². The molecule has 0 atom stereocenters. The van der Waals surface area contributed by atoms with Crippen LogP contribution in [0.2, 0.25) is 0 Å². The molecule has 26 heavy (non-hydrogen) atoms. The van der Waals surface area contributed by atoms with Crippen LogP contribution in [-0.4, -0.2) is 28.0 Å². The maximum Gasteiger partial charge on any atom is 0.251 e. The van der Waals surface area contributed by atoms with Crippen molar-refractivity contribution in [1.29, 1.82) is 0 Å². The first-order valence-corrected chi connectivity index (χ1v) is 9.54. The lowest BCUT2D eigenvalue weighted by molar-refractivity contribution is 0.0950. The fourth-order valence-electron chi connectivity index (χ4n) is 2.33. The van der Waals surface area contributed by atoms with E-state index in [1.54, 1.807) is 37.4 Å². The molecule has 2 rings (SSSR count). The fraction of sp³-hybridized carbons (Fsp3) is 0.278. The van der Waals surface area contributed by atoms with E-state index in [0.29, 0.717) is 24.5 Å². The topological polar surface area (TPSA) is 108 Å². The summed E-state index contributed by atoms with van der Waals surface area (Å²) in [6, 6.07) is 11.2. The third-order valence-electron chi connectivity index (χ3n) is 3.71. The Morgan fingerprint density at radius 1 is 1.15 bits per heavy atom. The lowest BCUT2D eigenvalue weighted by atomic mass is 10.1. The summed E-state index contributed by atoms with van der Waals surface area (Å²) in [6.45, 7) is 3.07. The molecule has 0 unspecified atom stereocenters. The zero-order valence-corrected chi connectivity index (χ0v) is 15.5. The summed E-state index contributed by atoms with van der Waals surface area (Å²) in [5, 5.41) is 7.85. The largest absolute Gasteiger partial charge is 0.496 e. The van der Waals surface area contributed by atoms with Gasteiger partial charge in [0.25, 0.3) is 5.91 Å². The quantitative estimate of drug-likeness (QED) is 0.728. The molecule has 0 bridgehead atoms. The van der Waals surface area contributed by atoms with Crippen molar-refractivity contribution in [1.82, 2.24) is 5.32 Å². The minimum atomic E-state index is -3.72. The van der Waals surface area contributed by atoms with Gasteiger partial charge in [0.05, 0.1) is 18.6 Å². The average Bonchev–Trinajstić information content (AvgIpc) is 2.63. The number of hydrogen-bond acceptors (Lipinski definition) is 5. The van der Waals surface area contributed by atoms with Crippen LogP contribution in [0.3, 0.4) is 0 Å². The molecule has 0 aliphatic rings. The van der Waals surface area contributed by atoms with Crippen molar-refractivity contribution < 1.29 is 22.7 Å². The number of carbonyl (C=O) groups is 1. The maximum atomic E-state index is 12.4. The molecule has 8 heteroatoms. The Kier molecular flexibility index (Phi) is 6.73. The van der Waals surface area contributed by atoms with Crippen LogP contribution in [0.4, 0.5) is 0 Å². The summed E-state index contributed by atoms with van der Waals surface area (Å²) < 4.78 is 33.2. The molecule has 0 aliphatic carbocycles. The fourth-order valence-corrected chi connectivity index (χ4v) is 2.84. The number of benzene rings is 2. The molecule has 0 saturated heterocycles. The first-order valence-electron chi connectivity index (χ1n) is 7.99. The van der Waals surface area contributed by atoms with E-state index in [-0.39, 0.29) is 17.3 Å². The number of ether oxygens (including phenoxy) is 2. The zero-order chi connectivity index (χ0) is 19.2. The van der Waals surface area contributed by atoms with Gasteiger partial charge in [-0.2, -0.15) is 0 Å². The van der Waals surface area contributed by atoms with Gasteiger partial charge in [0, 0.05) is 24.3 Å². The van der Waals surface area contributed by atoms with Crippen molar-refractivity contribution in [3.8, 4) is 5.75 Å². The Hall–Kier alpha value is -2.42. The van der Waals surface area contributed by atoms with Crippen molar-refractivity contribution >= 4 is 15.9 Å². The lowest BCUT2D eigenvalue weighted by Crippen LogP contribution is -2.23. The SMILES string of the molecule is CCOCc1cc(C(=O)NCc2ccc(S(N)(=O)=O)cc2)ccc1OC. The third-order valence-corrected chi connectivity index (χ3v) is 4.64. The molecule has 0 radical (unpaired) electrons. The smallest absolute Gasteiger partial charge is 0.251 e. The van der Waals surface area contributed by atoms with Gasteiger partial charge in [-0.3, -0.25) is 4.79 Å². The van der Waals surface area contributed by atoms with Gasteiger partial charge >= 0.3 is 0 Å². The molecule has 3 N–H and O–H groups in total. The number of primary sulfonamides is 1. The monoisotopic (exact) mass is 378 g/mol. The van der Waals surface area contributed by atoms with E-state index in [9.17, 15) is 13.2 Å². The van der Waals surface area contributed by atoms with E-state index in [0.717, 1.165) is 11.1 Å². The van der Waals surface area contributed by atoms with E-state index in [1.165, 1.54) is 12.1 Å². The number of rotatable bonds is 8. The molecule has 0 aromatic heterocycles. The molecule has 140 valence electrons. The molecular formula is C18H22N2O5S. The van der Waals surface area contributed by atoms with E-state index >= 15 is 0 Å². The first kappa shape index (κ1) is 19.9. The molecule has 2 aromatic carbocycles. The Balaban J connectivity index is 2.05. The van der Waals surface area contributed by atoms with Crippen molar-refractivity contribution in [2.24, 2.45) is 5.14 Å². The summed E-state index contributed by atoms with van der Waals surface area (Å²) >= 11 is 0. The summed E-state index contributed by atoms with van der Waals surface area (Å²) in [4.78, 5) is 12.4. The van der Waals surface area contributed by atoms with Crippen LogP contribution in [0.5, 0.6) is 5.75 Å². The minimum Gasteiger partial charge on any atom is -0.496 e. The molecule has 0 spiro atoms. The number of carbonyl (C=O) groups excluding carboxylic acids is 1. The standard InChI is InChI=1S/C18H22N2O5S/c1-3-25-12-15-10-14(6-9-17(15)24-2)18(21)20-11-13-4-7-16(8-5-13)26(19,22)23/h4-10H,3,11-12H2,1-2H3,(H,20,21)(H2,19,22,23). The summed E-state index contributed by atoms with van der Waals surface area (Å²) in [5.41, 5.74) is 2.04. The first-order chi connectivity index (χ1) is 12.3. The van der Waals surface area contributed by atoms with Crippen LogP contribution in [0, 0.1) is 0 Å². The van der Waals surface area contributed by atoms with E-state index < -0.39 is 10.0 Å². The summed E-state index contributed by atoms with van der Waals surface area (Å²) in [5.74, 6) is 0.412. The number of sulfonamides is 1. The van der Waals surface area contributed by atoms with E-state index in [1.807, 2.05) is 6.92 Å². The van der Waals surface area contributed by atoms with Gasteiger partial charge in [-0.05, 0) is 42.8 Å². The van der Waals surface area contributed by atoms with Gasteiger partial charge in [0.15, 0.2) is 0 Å². The average molecular weight is 378 g/mol. The Morgan fingerprint density at radius 3 is 2.42 bits per heavy atom. The normalized spacial score (nSPS) is 11.2. The van der Waals surface area contributed by atoms with Gasteiger partial charge in [0.1, 0.15) is 5.75 Å². The van der Waals surface area contributed by atoms with Crippen molar-refractivity contribution in [3.63, 3.8) is 0 Å². The highest BCUT2D eigenvalue weighted by atomic mass is 32.2. The van der Waals surface area contributed by atoms with Gasteiger partial charge in [0.2, 0.25) is 10.0 Å². The molecule has 0 heterocycles. The van der Waals surface area contributed by atoms with Gasteiger partial charge in [-0.15, -0.1) is 0 Å². The molecule has 2 aromatic rings. The number of amides is 1. The van der Waals surface area contributed by atoms with Gasteiger partial charge in [-0.25, -0.2) is 13.6 Å². The third kappa shape index (κ3) is 5.29. The Morgan fingerprint density at radius 2 is 1.85 bits per heavy atom. The highest BCUT2D eigenvalue weighted by molar-refractivity contribution is 7.89. The second kappa shape index (κ2) is 8.79. The predicted molar refractivity (Wildman–Crippen MR) is 97.3 cm³/mol. The lowest BCUT2D eigenvalue weighted by Gasteiger charge is -2.11. The molecule has 0 fully saturated rings. The van der Waals surface area contributed by atoms with Crippen LogP contribution in [0.15, 0.2) is 47.4 Å². The highest BCUT2D eigenvalue weighted by Crippen LogP contribution is 2.21. The van der Waals surface area contributed by atoms with Gasteiger partial charge < -0.3 is 14.8 Å². The van der Waals surface area contributed by atoms with Crippen molar-refractivity contribution in [2.75, 3.05) is 13.7 Å². The summed E-state index contributed by atoms with van der Waals surface area (Å²) in [7, 11) is -2.16. The Bertz CT molecular complexity index is 864. The predicted octanol–water partition coefficient (Wildman–Crippen LogP) is 1.81. The zero-order valence-electron chi connectivity index (χ0n) is 14.7. The van der Waals surface area contributed by atoms with Crippen LogP contribution in [0.1, 0.15) is 28.4 Å². The second-order valence-electron chi connectivity index (χ2n) is 5.54.